The van der Waals surface area contributed by atoms with E-state index in [2.05, 4.69) is 9.82 Å². The summed E-state index contributed by atoms with van der Waals surface area (Å²) < 4.78 is 68.8. The first-order chi connectivity index (χ1) is 14.6. The third-order valence-corrected chi connectivity index (χ3v) is 6.23. The highest BCUT2D eigenvalue weighted by molar-refractivity contribution is 7.92. The molecule has 1 aliphatic rings. The number of benzene rings is 2. The van der Waals surface area contributed by atoms with Gasteiger partial charge in [-0.3, -0.25) is 9.40 Å². The number of aromatic nitrogens is 2. The molecular formula is C19H14ClF2N3O5S. The molecule has 0 fully saturated rings. The summed E-state index contributed by atoms with van der Waals surface area (Å²) in [5.41, 5.74) is -0.430. The largest absolute Gasteiger partial charge is 0.494 e. The number of cyclic esters (lactones) is 1. The van der Waals surface area contributed by atoms with Gasteiger partial charge in [0.05, 0.1) is 23.4 Å². The predicted octanol–water partition coefficient (Wildman–Crippen LogP) is 3.50. The van der Waals surface area contributed by atoms with Crippen LogP contribution in [0.1, 0.15) is 16.1 Å². The van der Waals surface area contributed by atoms with Gasteiger partial charge in [-0.1, -0.05) is 11.6 Å². The Morgan fingerprint density at radius 1 is 1.19 bits per heavy atom. The third-order valence-electron chi connectivity index (χ3n) is 4.58. The van der Waals surface area contributed by atoms with Crippen LogP contribution < -0.4 is 9.46 Å². The normalized spacial score (nSPS) is 14.9. The number of hydrogen-bond acceptors (Lipinski definition) is 6. The van der Waals surface area contributed by atoms with Gasteiger partial charge in [0.2, 0.25) is 0 Å². The second-order valence-electron chi connectivity index (χ2n) is 6.65. The Morgan fingerprint density at radius 3 is 2.65 bits per heavy atom. The highest BCUT2D eigenvalue weighted by Crippen LogP contribution is 2.37. The number of rotatable bonds is 1. The Morgan fingerprint density at radius 2 is 1.94 bits per heavy atom. The van der Waals surface area contributed by atoms with E-state index >= 15 is 0 Å². The summed E-state index contributed by atoms with van der Waals surface area (Å²) in [5, 5.41) is 3.98. The van der Waals surface area contributed by atoms with Crippen LogP contribution in [0.2, 0.25) is 5.02 Å². The van der Waals surface area contributed by atoms with Crippen molar-refractivity contribution in [2.24, 2.45) is 7.05 Å². The van der Waals surface area contributed by atoms with Crippen molar-refractivity contribution in [2.75, 3.05) is 11.8 Å². The molecule has 1 N–H and O–H groups in total. The zero-order valence-corrected chi connectivity index (χ0v) is 17.6. The van der Waals surface area contributed by atoms with Gasteiger partial charge in [-0.2, -0.15) is 5.10 Å². The molecule has 4 bridgehead atoms. The van der Waals surface area contributed by atoms with Crippen LogP contribution in [-0.4, -0.2) is 31.3 Å². The number of carbonyl (C=O) groups excluding carboxylic acids is 1. The maximum Gasteiger partial charge on any atom is 0.338 e. The topological polar surface area (TPSA) is 99.5 Å². The average molecular weight is 470 g/mol. The maximum atomic E-state index is 14.6. The first-order valence-corrected chi connectivity index (χ1v) is 10.6. The van der Waals surface area contributed by atoms with Crippen molar-refractivity contribution < 1.29 is 31.5 Å². The Labute approximate surface area is 180 Å². The molecule has 1 aromatic heterocycles. The monoisotopic (exact) mass is 469 g/mol. The number of esters is 1. The highest BCUT2D eigenvalue weighted by atomic mass is 35.5. The van der Waals surface area contributed by atoms with Gasteiger partial charge in [0.25, 0.3) is 10.0 Å². The SMILES string of the molecule is COc1c(Cl)cc2cc1S(=O)(=O)Nc1cc(c(F)cc1F)-c1cn(C)nc1COC2=O. The molecule has 0 radical (unpaired) electrons. The van der Waals surface area contributed by atoms with Crippen molar-refractivity contribution in [3.05, 3.63) is 58.4 Å². The first-order valence-electron chi connectivity index (χ1n) is 8.70. The lowest BCUT2D eigenvalue weighted by Gasteiger charge is -2.15. The summed E-state index contributed by atoms with van der Waals surface area (Å²) >= 11 is 6.10. The fourth-order valence-corrected chi connectivity index (χ4v) is 4.83. The molecule has 2 heterocycles. The van der Waals surface area contributed by atoms with E-state index in [4.69, 9.17) is 21.1 Å². The molecule has 0 atom stereocenters. The number of nitrogens with zero attached hydrogens (tertiary/aromatic N) is 2. The quantitative estimate of drug-likeness (QED) is 0.548. The van der Waals surface area contributed by atoms with Gasteiger partial charge in [0.1, 0.15) is 28.8 Å². The molecule has 0 aliphatic carbocycles. The van der Waals surface area contributed by atoms with Crippen LogP contribution in [-0.2, 0) is 28.4 Å². The Bertz CT molecular complexity index is 1340. The van der Waals surface area contributed by atoms with E-state index in [9.17, 15) is 22.0 Å². The van der Waals surface area contributed by atoms with Crippen LogP contribution in [0.5, 0.6) is 5.75 Å². The second kappa shape index (κ2) is 7.50. The minimum atomic E-state index is -4.51. The number of methoxy groups -OCH3 is 1. The average Bonchev–Trinajstić information content (AvgIpc) is 3.07. The van der Waals surface area contributed by atoms with E-state index in [1.165, 1.54) is 24.1 Å². The van der Waals surface area contributed by atoms with E-state index in [0.717, 1.165) is 12.1 Å². The molecule has 0 spiro atoms. The summed E-state index contributed by atoms with van der Waals surface area (Å²) in [7, 11) is -1.75. The minimum absolute atomic E-state index is 0.130. The molecule has 0 saturated heterocycles. The standard InChI is InChI=1S/C19H14ClF2N3O5S/c1-25-7-11-10-5-15(14(22)6-13(10)21)24-31(27,28)17-4-9(3-12(20)18(17)29-2)19(26)30-8-16(11)23-25/h3-7,24H,8H2,1-2H3. The van der Waals surface area contributed by atoms with E-state index in [0.29, 0.717) is 6.07 Å². The first kappa shape index (κ1) is 21.1. The molecule has 8 nitrogen and oxygen atoms in total. The summed E-state index contributed by atoms with van der Waals surface area (Å²) in [6.07, 6.45) is 1.44. The van der Waals surface area contributed by atoms with Crippen molar-refractivity contribution in [3.8, 4) is 16.9 Å². The fraction of sp³-hybridized carbons (Fsp3) is 0.158. The molecule has 1 aliphatic heterocycles. The third kappa shape index (κ3) is 3.70. The van der Waals surface area contributed by atoms with Crippen molar-refractivity contribution in [1.82, 2.24) is 9.78 Å². The van der Waals surface area contributed by atoms with Crippen LogP contribution in [0.3, 0.4) is 0 Å². The number of aryl methyl sites for hydroxylation is 1. The number of carbonyl (C=O) groups is 1. The summed E-state index contributed by atoms with van der Waals surface area (Å²) in [4.78, 5) is 12.0. The highest BCUT2D eigenvalue weighted by Gasteiger charge is 2.28. The van der Waals surface area contributed by atoms with Gasteiger partial charge in [-0.05, 0) is 18.2 Å². The predicted molar refractivity (Wildman–Crippen MR) is 106 cm³/mol. The van der Waals surface area contributed by atoms with Crippen LogP contribution in [0.25, 0.3) is 11.1 Å². The van der Waals surface area contributed by atoms with Gasteiger partial charge < -0.3 is 9.47 Å². The van der Waals surface area contributed by atoms with Crippen LogP contribution in [0, 0.1) is 11.6 Å². The maximum absolute atomic E-state index is 14.6. The molecule has 31 heavy (non-hydrogen) atoms. The number of hydrogen-bond donors (Lipinski definition) is 1. The zero-order valence-electron chi connectivity index (χ0n) is 16.1. The lowest BCUT2D eigenvalue weighted by atomic mass is 10.0. The molecule has 3 aromatic rings. The summed E-state index contributed by atoms with van der Waals surface area (Å²) in [6.45, 7) is -0.347. The fourth-order valence-electron chi connectivity index (χ4n) is 3.20. The number of ether oxygens (including phenoxy) is 2. The van der Waals surface area contributed by atoms with Gasteiger partial charge in [0.15, 0.2) is 5.75 Å². The van der Waals surface area contributed by atoms with Crippen LogP contribution in [0.4, 0.5) is 14.5 Å². The Hall–Kier alpha value is -3.18. The molecule has 12 heteroatoms. The summed E-state index contributed by atoms with van der Waals surface area (Å²) in [6, 6.07) is 3.73. The zero-order chi connectivity index (χ0) is 22.5. The van der Waals surface area contributed by atoms with Gasteiger partial charge in [-0.25, -0.2) is 22.0 Å². The van der Waals surface area contributed by atoms with Crippen molar-refractivity contribution in [1.29, 1.82) is 0 Å². The van der Waals surface area contributed by atoms with E-state index < -0.39 is 38.2 Å². The second-order valence-corrected chi connectivity index (χ2v) is 8.70. The van der Waals surface area contributed by atoms with Crippen molar-refractivity contribution >= 4 is 33.3 Å². The molecular weight excluding hydrogens is 456 g/mol. The molecule has 4 rings (SSSR count). The van der Waals surface area contributed by atoms with Crippen LogP contribution >= 0.6 is 11.6 Å². The number of fused-ring (bicyclic) bond motifs is 6. The van der Waals surface area contributed by atoms with Gasteiger partial charge >= 0.3 is 5.97 Å². The number of sulfonamides is 1. The van der Waals surface area contributed by atoms with E-state index in [-0.39, 0.29) is 39.8 Å². The Balaban J connectivity index is 2.01. The number of nitrogens with one attached hydrogen (secondary N) is 1. The number of anilines is 1. The molecule has 0 amide bonds. The smallest absolute Gasteiger partial charge is 0.338 e. The van der Waals surface area contributed by atoms with E-state index in [1.54, 1.807) is 7.05 Å². The minimum Gasteiger partial charge on any atom is -0.494 e. The molecule has 0 saturated carbocycles. The van der Waals surface area contributed by atoms with Gasteiger partial charge in [0, 0.05) is 30.4 Å². The Kier molecular flexibility index (Phi) is 5.10. The molecule has 0 unspecified atom stereocenters. The summed E-state index contributed by atoms with van der Waals surface area (Å²) in [5.74, 6) is -3.24. The molecule has 162 valence electrons. The van der Waals surface area contributed by atoms with Crippen molar-refractivity contribution in [2.45, 2.75) is 11.5 Å². The lowest BCUT2D eigenvalue weighted by molar-refractivity contribution is 0.0467. The van der Waals surface area contributed by atoms with E-state index in [1.807, 2.05) is 0 Å². The number of halogens is 3. The molecule has 2 aromatic carbocycles. The van der Waals surface area contributed by atoms with Gasteiger partial charge in [-0.15, -0.1) is 0 Å². The lowest BCUT2D eigenvalue weighted by Crippen LogP contribution is -2.16. The van der Waals surface area contributed by atoms with Crippen LogP contribution in [0.15, 0.2) is 35.4 Å². The van der Waals surface area contributed by atoms with Crippen molar-refractivity contribution in [3.63, 3.8) is 0 Å².